The van der Waals surface area contributed by atoms with E-state index in [4.69, 9.17) is 5.73 Å². The maximum atomic E-state index is 5.93. The molecule has 0 amide bonds. The Bertz CT molecular complexity index is 329. The lowest BCUT2D eigenvalue weighted by Gasteiger charge is -2.27. The molecule has 0 radical (unpaired) electrons. The minimum absolute atomic E-state index is 0.345. The predicted octanol–water partition coefficient (Wildman–Crippen LogP) is 3.54. The Balaban J connectivity index is 2.75. The second kappa shape index (κ2) is 7.55. The summed E-state index contributed by atoms with van der Waals surface area (Å²) in [5.74, 6) is 0.591. The predicted molar refractivity (Wildman–Crippen MR) is 79.9 cm³/mol. The van der Waals surface area contributed by atoms with Crippen LogP contribution < -0.4 is 5.73 Å². The van der Waals surface area contributed by atoms with Crippen LogP contribution in [0.4, 0.5) is 0 Å². The van der Waals surface area contributed by atoms with Gasteiger partial charge in [0, 0.05) is 12.6 Å². The number of benzene rings is 1. The first-order chi connectivity index (χ1) is 8.60. The molecule has 1 unspecified atom stereocenters. The highest BCUT2D eigenvalue weighted by molar-refractivity contribution is 5.27. The fraction of sp³-hybridized carbons (Fsp3) is 0.625. The van der Waals surface area contributed by atoms with E-state index >= 15 is 0 Å². The van der Waals surface area contributed by atoms with Crippen molar-refractivity contribution >= 4 is 0 Å². The lowest BCUT2D eigenvalue weighted by molar-refractivity contribution is 0.246. The Kier molecular flexibility index (Phi) is 6.37. The third kappa shape index (κ3) is 4.11. The molecule has 18 heavy (non-hydrogen) atoms. The van der Waals surface area contributed by atoms with Gasteiger partial charge in [-0.05, 0) is 37.1 Å². The number of rotatable bonds is 7. The average molecular weight is 248 g/mol. The summed E-state index contributed by atoms with van der Waals surface area (Å²) in [6, 6.07) is 9.27. The van der Waals surface area contributed by atoms with Gasteiger partial charge in [0.05, 0.1) is 0 Å². The maximum Gasteiger partial charge on any atom is 0.0467 e. The molecule has 0 aromatic heterocycles. The van der Waals surface area contributed by atoms with E-state index < -0.39 is 0 Å². The Hall–Kier alpha value is -0.860. The molecule has 1 aromatic rings. The number of nitrogens with two attached hydrogens (primary N) is 1. The van der Waals surface area contributed by atoms with Gasteiger partial charge in [-0.1, -0.05) is 51.5 Å². The summed E-state index contributed by atoms with van der Waals surface area (Å²) in [6.45, 7) is 8.47. The largest absolute Gasteiger partial charge is 0.329 e. The lowest BCUT2D eigenvalue weighted by Crippen LogP contribution is -2.31. The van der Waals surface area contributed by atoms with E-state index in [2.05, 4.69) is 57.0 Å². The summed E-state index contributed by atoms with van der Waals surface area (Å²) in [5.41, 5.74) is 8.66. The highest BCUT2D eigenvalue weighted by Gasteiger charge is 2.14. The highest BCUT2D eigenvalue weighted by atomic mass is 15.1. The molecular formula is C16H28N2. The fourth-order valence-corrected chi connectivity index (χ4v) is 2.24. The minimum Gasteiger partial charge on any atom is -0.329 e. The van der Waals surface area contributed by atoms with E-state index in [0.717, 1.165) is 6.54 Å². The van der Waals surface area contributed by atoms with E-state index in [0.29, 0.717) is 18.5 Å². The van der Waals surface area contributed by atoms with Crippen molar-refractivity contribution in [3.63, 3.8) is 0 Å². The van der Waals surface area contributed by atoms with Gasteiger partial charge >= 0.3 is 0 Å². The summed E-state index contributed by atoms with van der Waals surface area (Å²) in [6.07, 6.45) is 2.46. The van der Waals surface area contributed by atoms with Crippen LogP contribution in [-0.2, 0) is 0 Å². The molecule has 102 valence electrons. The first-order valence-corrected chi connectivity index (χ1v) is 7.10. The average Bonchev–Trinajstić information content (AvgIpc) is 2.37. The molecule has 0 spiro atoms. The van der Waals surface area contributed by atoms with Crippen molar-refractivity contribution in [1.29, 1.82) is 0 Å². The van der Waals surface area contributed by atoms with Crippen LogP contribution in [0.5, 0.6) is 0 Å². The van der Waals surface area contributed by atoms with Crippen LogP contribution >= 0.6 is 0 Å². The molecule has 0 fully saturated rings. The third-order valence-corrected chi connectivity index (χ3v) is 3.61. The van der Waals surface area contributed by atoms with Crippen LogP contribution in [0.3, 0.4) is 0 Å². The second-order valence-corrected chi connectivity index (χ2v) is 5.41. The van der Waals surface area contributed by atoms with E-state index in [1.54, 1.807) is 0 Å². The first-order valence-electron chi connectivity index (χ1n) is 7.10. The summed E-state index contributed by atoms with van der Waals surface area (Å²) < 4.78 is 0. The summed E-state index contributed by atoms with van der Waals surface area (Å²) >= 11 is 0. The normalized spacial score (nSPS) is 13.3. The Morgan fingerprint density at radius 2 is 1.67 bits per heavy atom. The van der Waals surface area contributed by atoms with E-state index in [1.165, 1.54) is 24.0 Å². The molecule has 0 saturated heterocycles. The monoisotopic (exact) mass is 248 g/mol. The Morgan fingerprint density at radius 1 is 1.11 bits per heavy atom. The zero-order chi connectivity index (χ0) is 13.5. The smallest absolute Gasteiger partial charge is 0.0467 e. The second-order valence-electron chi connectivity index (χ2n) is 5.41. The number of hydrogen-bond donors (Lipinski definition) is 1. The van der Waals surface area contributed by atoms with Gasteiger partial charge in [0.2, 0.25) is 0 Å². The molecule has 0 saturated carbocycles. The topological polar surface area (TPSA) is 29.3 Å². The zero-order valence-corrected chi connectivity index (χ0v) is 12.3. The van der Waals surface area contributed by atoms with Crippen LogP contribution in [0, 0.1) is 0 Å². The minimum atomic E-state index is 0.345. The van der Waals surface area contributed by atoms with Crippen molar-refractivity contribution < 1.29 is 0 Å². The van der Waals surface area contributed by atoms with E-state index in [9.17, 15) is 0 Å². The number of likely N-dealkylation sites (N-methyl/N-ethyl adjacent to an activating group) is 1. The van der Waals surface area contributed by atoms with Gasteiger partial charge in [-0.3, -0.25) is 4.90 Å². The quantitative estimate of drug-likeness (QED) is 0.799. The van der Waals surface area contributed by atoms with Gasteiger partial charge in [0.15, 0.2) is 0 Å². The molecule has 0 aliphatic rings. The summed E-state index contributed by atoms with van der Waals surface area (Å²) in [4.78, 5) is 2.37. The van der Waals surface area contributed by atoms with Crippen molar-refractivity contribution in [3.8, 4) is 0 Å². The highest BCUT2D eigenvalue weighted by Crippen LogP contribution is 2.22. The van der Waals surface area contributed by atoms with Gasteiger partial charge < -0.3 is 5.73 Å². The molecule has 0 aliphatic heterocycles. The molecule has 0 aliphatic carbocycles. The maximum absolute atomic E-state index is 5.93. The van der Waals surface area contributed by atoms with Gasteiger partial charge in [-0.2, -0.15) is 0 Å². The number of unbranched alkanes of at least 4 members (excludes halogenated alkanes) is 1. The third-order valence-electron chi connectivity index (χ3n) is 3.61. The SMILES string of the molecule is CCCCN(C)C(CN)c1ccc(C(C)C)cc1. The van der Waals surface area contributed by atoms with Crippen molar-refractivity contribution in [2.75, 3.05) is 20.1 Å². The number of nitrogens with zero attached hydrogens (tertiary/aromatic N) is 1. The molecule has 1 rings (SSSR count). The fourth-order valence-electron chi connectivity index (χ4n) is 2.24. The zero-order valence-electron chi connectivity index (χ0n) is 12.3. The molecule has 1 atom stereocenters. The van der Waals surface area contributed by atoms with Crippen molar-refractivity contribution in [1.82, 2.24) is 4.90 Å². The van der Waals surface area contributed by atoms with Crippen molar-refractivity contribution in [2.45, 2.75) is 45.6 Å². The molecule has 1 aromatic carbocycles. The molecule has 0 heterocycles. The molecule has 2 N–H and O–H groups in total. The Morgan fingerprint density at radius 3 is 2.11 bits per heavy atom. The first kappa shape index (κ1) is 15.2. The van der Waals surface area contributed by atoms with Gasteiger partial charge in [0.1, 0.15) is 0 Å². The van der Waals surface area contributed by atoms with Crippen molar-refractivity contribution in [2.24, 2.45) is 5.73 Å². The van der Waals surface area contributed by atoms with Crippen LogP contribution in [0.25, 0.3) is 0 Å². The van der Waals surface area contributed by atoms with Crippen LogP contribution in [0.1, 0.15) is 56.7 Å². The molecule has 2 nitrogen and oxygen atoms in total. The molecular weight excluding hydrogens is 220 g/mol. The Labute approximate surface area is 112 Å². The van der Waals surface area contributed by atoms with Crippen LogP contribution in [-0.4, -0.2) is 25.0 Å². The number of hydrogen-bond acceptors (Lipinski definition) is 2. The van der Waals surface area contributed by atoms with Crippen molar-refractivity contribution in [3.05, 3.63) is 35.4 Å². The summed E-state index contributed by atoms with van der Waals surface area (Å²) in [7, 11) is 2.17. The van der Waals surface area contributed by atoms with Gasteiger partial charge in [-0.15, -0.1) is 0 Å². The van der Waals surface area contributed by atoms with Crippen LogP contribution in [0.15, 0.2) is 24.3 Å². The lowest BCUT2D eigenvalue weighted by atomic mass is 9.98. The standard InChI is InChI=1S/C16H28N2/c1-5-6-11-18(4)16(12-17)15-9-7-14(8-10-15)13(2)3/h7-10,13,16H,5-6,11-12,17H2,1-4H3. The van der Waals surface area contributed by atoms with E-state index in [1.807, 2.05) is 0 Å². The van der Waals surface area contributed by atoms with E-state index in [-0.39, 0.29) is 0 Å². The van der Waals surface area contributed by atoms with Crippen LogP contribution in [0.2, 0.25) is 0 Å². The van der Waals surface area contributed by atoms with Gasteiger partial charge in [-0.25, -0.2) is 0 Å². The summed E-state index contributed by atoms with van der Waals surface area (Å²) in [5, 5.41) is 0. The molecule has 0 bridgehead atoms. The van der Waals surface area contributed by atoms with Gasteiger partial charge in [0.25, 0.3) is 0 Å². The molecule has 2 heteroatoms.